The molecule has 0 radical (unpaired) electrons. The monoisotopic (exact) mass is 413 g/mol. The van der Waals surface area contributed by atoms with Crippen molar-refractivity contribution >= 4 is 50.6 Å². The molecule has 0 saturated carbocycles. The van der Waals surface area contributed by atoms with Crippen molar-refractivity contribution in [3.63, 3.8) is 0 Å². The zero-order chi connectivity index (χ0) is 17.5. The first kappa shape index (κ1) is 18.5. The molecule has 24 heavy (non-hydrogen) atoms. The normalized spacial score (nSPS) is 10.3. The van der Waals surface area contributed by atoms with Gasteiger partial charge in [0.15, 0.2) is 0 Å². The van der Waals surface area contributed by atoms with Crippen LogP contribution >= 0.6 is 27.5 Å². The molecule has 0 heterocycles. The number of amides is 2. The summed E-state index contributed by atoms with van der Waals surface area (Å²) in [6.45, 7) is 0.139. The van der Waals surface area contributed by atoms with E-state index in [1.165, 1.54) is 0 Å². The molecule has 0 bridgehead atoms. The summed E-state index contributed by atoms with van der Waals surface area (Å²) in [6, 6.07) is 9.85. The molecule has 8 heteroatoms. The maximum atomic E-state index is 12.2. The van der Waals surface area contributed by atoms with E-state index in [1.807, 2.05) is 6.07 Å². The lowest BCUT2D eigenvalue weighted by Gasteiger charge is -2.13. The lowest BCUT2D eigenvalue weighted by atomic mass is 10.2. The molecular formula is C16H17BrClN3O3. The number of hydrogen-bond donors (Lipinski definition) is 5. The maximum absolute atomic E-state index is 12.2. The number of nitrogens with one attached hydrogen (secondary N) is 3. The van der Waals surface area contributed by atoms with Crippen molar-refractivity contribution in [3.8, 4) is 0 Å². The van der Waals surface area contributed by atoms with Crippen molar-refractivity contribution in [2.75, 3.05) is 29.1 Å². The van der Waals surface area contributed by atoms with Crippen molar-refractivity contribution in [1.82, 2.24) is 0 Å². The first-order chi connectivity index (χ1) is 11.5. The van der Waals surface area contributed by atoms with Gasteiger partial charge in [-0.1, -0.05) is 33.6 Å². The van der Waals surface area contributed by atoms with Crippen LogP contribution < -0.4 is 16.0 Å². The van der Waals surface area contributed by atoms with Crippen LogP contribution in [0.4, 0.5) is 21.9 Å². The predicted octanol–water partition coefficient (Wildman–Crippen LogP) is 3.64. The van der Waals surface area contributed by atoms with Crippen molar-refractivity contribution in [3.05, 3.63) is 51.5 Å². The Balaban J connectivity index is 2.10. The van der Waals surface area contributed by atoms with Crippen LogP contribution in [0.1, 0.15) is 5.56 Å². The SMILES string of the molecule is O=C(Nc1cc(Br)cc(NCCO)c1)Nc1cccc(Cl)c1CO. The number of benzene rings is 2. The molecule has 0 aliphatic rings. The first-order valence-corrected chi connectivity index (χ1v) is 8.32. The van der Waals surface area contributed by atoms with Crippen molar-refractivity contribution in [1.29, 1.82) is 0 Å². The quantitative estimate of drug-likeness (QED) is 0.499. The smallest absolute Gasteiger partial charge is 0.323 e. The van der Waals surface area contributed by atoms with E-state index in [0.29, 0.717) is 28.5 Å². The van der Waals surface area contributed by atoms with Gasteiger partial charge in [0.05, 0.1) is 13.2 Å². The van der Waals surface area contributed by atoms with Gasteiger partial charge in [-0.05, 0) is 30.3 Å². The minimum atomic E-state index is -0.460. The Kier molecular flexibility index (Phi) is 6.86. The van der Waals surface area contributed by atoms with Gasteiger partial charge in [-0.15, -0.1) is 0 Å². The van der Waals surface area contributed by atoms with Crippen LogP contribution in [0.5, 0.6) is 0 Å². The molecule has 0 unspecified atom stereocenters. The Morgan fingerprint density at radius 2 is 1.88 bits per heavy atom. The predicted molar refractivity (Wildman–Crippen MR) is 99.7 cm³/mol. The molecule has 0 aliphatic carbocycles. The van der Waals surface area contributed by atoms with E-state index in [9.17, 15) is 9.90 Å². The molecule has 0 spiro atoms. The van der Waals surface area contributed by atoms with Crippen LogP contribution in [-0.4, -0.2) is 29.4 Å². The van der Waals surface area contributed by atoms with E-state index in [-0.39, 0.29) is 13.2 Å². The lowest BCUT2D eigenvalue weighted by Crippen LogP contribution is -2.20. The van der Waals surface area contributed by atoms with Gasteiger partial charge in [0.1, 0.15) is 0 Å². The summed E-state index contributed by atoms with van der Waals surface area (Å²) < 4.78 is 0.777. The Morgan fingerprint density at radius 1 is 1.12 bits per heavy atom. The average molecular weight is 415 g/mol. The number of anilines is 3. The minimum absolute atomic E-state index is 0.00840. The van der Waals surface area contributed by atoms with Crippen LogP contribution in [0.25, 0.3) is 0 Å². The summed E-state index contributed by atoms with van der Waals surface area (Å²) in [6.07, 6.45) is 0. The second-order valence-electron chi connectivity index (χ2n) is 4.88. The van der Waals surface area contributed by atoms with Crippen LogP contribution in [0, 0.1) is 0 Å². The van der Waals surface area contributed by atoms with E-state index in [4.69, 9.17) is 16.7 Å². The van der Waals surface area contributed by atoms with E-state index in [2.05, 4.69) is 31.9 Å². The summed E-state index contributed by atoms with van der Waals surface area (Å²) in [5, 5.41) is 27.0. The highest BCUT2D eigenvalue weighted by atomic mass is 79.9. The molecule has 2 amide bonds. The number of rotatable bonds is 6. The third-order valence-corrected chi connectivity index (χ3v) is 3.93. The summed E-state index contributed by atoms with van der Waals surface area (Å²) in [7, 11) is 0. The summed E-state index contributed by atoms with van der Waals surface area (Å²) in [5.74, 6) is 0. The third kappa shape index (κ3) is 5.10. The minimum Gasteiger partial charge on any atom is -0.395 e. The molecule has 6 nitrogen and oxygen atoms in total. The number of urea groups is 1. The molecular weight excluding hydrogens is 398 g/mol. The van der Waals surface area contributed by atoms with E-state index >= 15 is 0 Å². The number of halogens is 2. The number of aliphatic hydroxyl groups excluding tert-OH is 2. The molecule has 0 fully saturated rings. The zero-order valence-corrected chi connectivity index (χ0v) is 15.0. The maximum Gasteiger partial charge on any atom is 0.323 e. The van der Waals surface area contributed by atoms with E-state index < -0.39 is 6.03 Å². The largest absolute Gasteiger partial charge is 0.395 e. The first-order valence-electron chi connectivity index (χ1n) is 7.15. The fourth-order valence-corrected chi connectivity index (χ4v) is 2.81. The Morgan fingerprint density at radius 3 is 2.58 bits per heavy atom. The average Bonchev–Trinajstić information content (AvgIpc) is 2.52. The molecule has 0 aliphatic heterocycles. The number of carbonyl (C=O) groups is 1. The third-order valence-electron chi connectivity index (χ3n) is 3.12. The standard InChI is InChI=1S/C16H17BrClN3O3/c17-10-6-11(19-4-5-22)8-12(7-10)20-16(24)21-15-3-1-2-14(18)13(15)9-23/h1-3,6-8,19,22-23H,4-5,9H2,(H2,20,21,24). The Bertz CT molecular complexity index is 728. The van der Waals surface area contributed by atoms with Gasteiger partial charge in [0.2, 0.25) is 0 Å². The Labute approximate surface area is 153 Å². The molecule has 2 rings (SSSR count). The van der Waals surface area contributed by atoms with Crippen LogP contribution in [-0.2, 0) is 6.61 Å². The highest BCUT2D eigenvalue weighted by Gasteiger charge is 2.10. The van der Waals surface area contributed by atoms with Gasteiger partial charge in [-0.25, -0.2) is 4.79 Å². The van der Waals surface area contributed by atoms with Crippen molar-refractivity contribution in [2.24, 2.45) is 0 Å². The molecule has 2 aromatic carbocycles. The number of hydrogen-bond acceptors (Lipinski definition) is 4. The van der Waals surface area contributed by atoms with Crippen molar-refractivity contribution < 1.29 is 15.0 Å². The van der Waals surface area contributed by atoms with E-state index in [1.54, 1.807) is 30.3 Å². The second-order valence-corrected chi connectivity index (χ2v) is 6.21. The zero-order valence-electron chi connectivity index (χ0n) is 12.6. The molecule has 0 aromatic heterocycles. The van der Waals surface area contributed by atoms with E-state index in [0.717, 1.165) is 10.2 Å². The lowest BCUT2D eigenvalue weighted by molar-refractivity contribution is 0.262. The van der Waals surface area contributed by atoms with Crippen LogP contribution in [0.15, 0.2) is 40.9 Å². The van der Waals surface area contributed by atoms with Gasteiger partial charge < -0.3 is 26.2 Å². The molecule has 2 aromatic rings. The second kappa shape index (κ2) is 8.89. The van der Waals surface area contributed by atoms with Gasteiger partial charge in [-0.2, -0.15) is 0 Å². The highest BCUT2D eigenvalue weighted by Crippen LogP contribution is 2.26. The van der Waals surface area contributed by atoms with Crippen LogP contribution in [0.3, 0.4) is 0 Å². The summed E-state index contributed by atoms with van der Waals surface area (Å²) in [5.41, 5.74) is 2.22. The molecule has 0 atom stereocenters. The van der Waals surface area contributed by atoms with Gasteiger partial charge in [-0.3, -0.25) is 0 Å². The fraction of sp³-hybridized carbons (Fsp3) is 0.188. The summed E-state index contributed by atoms with van der Waals surface area (Å²) in [4.78, 5) is 12.2. The van der Waals surface area contributed by atoms with Crippen molar-refractivity contribution in [2.45, 2.75) is 6.61 Å². The summed E-state index contributed by atoms with van der Waals surface area (Å²) >= 11 is 9.37. The molecule has 5 N–H and O–H groups in total. The van der Waals surface area contributed by atoms with Gasteiger partial charge in [0.25, 0.3) is 0 Å². The van der Waals surface area contributed by atoms with Gasteiger partial charge in [0, 0.05) is 38.7 Å². The molecule has 0 saturated heterocycles. The number of aliphatic hydroxyl groups is 2. The number of carbonyl (C=O) groups excluding carboxylic acids is 1. The Hall–Kier alpha value is -1.80. The molecule has 128 valence electrons. The fourth-order valence-electron chi connectivity index (χ4n) is 2.09. The highest BCUT2D eigenvalue weighted by molar-refractivity contribution is 9.10. The van der Waals surface area contributed by atoms with Gasteiger partial charge >= 0.3 is 6.03 Å². The topological polar surface area (TPSA) is 93.6 Å². The van der Waals surface area contributed by atoms with Crippen LogP contribution in [0.2, 0.25) is 5.02 Å².